The number of ether oxygens (including phenoxy) is 1. The molecule has 0 N–H and O–H groups in total. The van der Waals surface area contributed by atoms with Crippen LogP contribution in [-0.4, -0.2) is 43.7 Å². The molecule has 1 unspecified atom stereocenters. The zero-order valence-corrected chi connectivity index (χ0v) is 19.9. The molecular formula is C23H28F3NO4Si. The van der Waals surface area contributed by atoms with Crippen LogP contribution in [0.2, 0.25) is 18.1 Å². The Morgan fingerprint density at radius 2 is 1.94 bits per heavy atom. The monoisotopic (exact) mass is 467 g/mol. The molecule has 1 aliphatic carbocycles. The minimum atomic E-state index is -4.94. The first-order valence-corrected chi connectivity index (χ1v) is 13.7. The Balaban J connectivity index is 1.84. The molecule has 1 spiro atoms. The molecule has 2 heterocycles. The summed E-state index contributed by atoms with van der Waals surface area (Å²) >= 11 is 0. The zero-order chi connectivity index (χ0) is 23.7. The van der Waals surface area contributed by atoms with E-state index < -0.39 is 31.9 Å². The largest absolute Gasteiger partial charge is 0.541 e. The van der Waals surface area contributed by atoms with Gasteiger partial charge in [-0.1, -0.05) is 32.9 Å². The van der Waals surface area contributed by atoms with Crippen molar-refractivity contribution in [2.24, 2.45) is 0 Å². The van der Waals surface area contributed by atoms with Crippen molar-refractivity contribution >= 4 is 20.0 Å². The van der Waals surface area contributed by atoms with Crippen molar-refractivity contribution in [3.8, 4) is 11.5 Å². The van der Waals surface area contributed by atoms with Gasteiger partial charge in [0.1, 0.15) is 11.9 Å². The molecule has 32 heavy (non-hydrogen) atoms. The molecule has 0 radical (unpaired) electrons. The quantitative estimate of drug-likeness (QED) is 0.581. The van der Waals surface area contributed by atoms with Crippen LogP contribution in [0.25, 0.3) is 0 Å². The maximum absolute atomic E-state index is 13.2. The predicted molar refractivity (Wildman–Crippen MR) is 115 cm³/mol. The smallest absolute Gasteiger partial charge is 0.471 e. The molecule has 1 aromatic rings. The number of halogens is 3. The lowest BCUT2D eigenvalue weighted by atomic mass is 9.69. The Morgan fingerprint density at radius 3 is 2.56 bits per heavy atom. The highest BCUT2D eigenvalue weighted by molar-refractivity contribution is 6.74. The fourth-order valence-corrected chi connectivity index (χ4v) is 5.53. The summed E-state index contributed by atoms with van der Waals surface area (Å²) in [6.07, 6.45) is -1.84. The van der Waals surface area contributed by atoms with Crippen LogP contribution in [0.1, 0.15) is 44.7 Å². The summed E-state index contributed by atoms with van der Waals surface area (Å²) in [6.45, 7) is 10.3. The van der Waals surface area contributed by atoms with Crippen LogP contribution in [-0.2, 0) is 21.5 Å². The lowest BCUT2D eigenvalue weighted by Gasteiger charge is -2.37. The average Bonchev–Trinajstić information content (AvgIpc) is 2.89. The van der Waals surface area contributed by atoms with Crippen LogP contribution in [0.4, 0.5) is 13.2 Å². The topological polar surface area (TPSA) is 55.8 Å². The Kier molecular flexibility index (Phi) is 5.08. The summed E-state index contributed by atoms with van der Waals surface area (Å²) in [5.41, 5.74) is 0.588. The van der Waals surface area contributed by atoms with E-state index in [4.69, 9.17) is 9.16 Å². The van der Waals surface area contributed by atoms with E-state index in [9.17, 15) is 22.8 Å². The van der Waals surface area contributed by atoms with Gasteiger partial charge in [-0.2, -0.15) is 13.2 Å². The van der Waals surface area contributed by atoms with Crippen LogP contribution >= 0.6 is 0 Å². The molecule has 1 amide bonds. The second-order valence-electron chi connectivity index (χ2n) is 10.4. The zero-order valence-electron chi connectivity index (χ0n) is 18.9. The Labute approximate surface area is 186 Å². The summed E-state index contributed by atoms with van der Waals surface area (Å²) in [7, 11) is -2.23. The van der Waals surface area contributed by atoms with Gasteiger partial charge in [0.05, 0.1) is 5.41 Å². The fraction of sp³-hybridized carbons (Fsp3) is 0.565. The molecule has 1 aromatic carbocycles. The molecule has 0 saturated heterocycles. The molecule has 2 aliphatic heterocycles. The van der Waals surface area contributed by atoms with Gasteiger partial charge in [-0.25, -0.2) is 0 Å². The highest BCUT2D eigenvalue weighted by atomic mass is 28.4. The lowest BCUT2D eigenvalue weighted by Crippen LogP contribution is -2.44. The van der Waals surface area contributed by atoms with Crippen LogP contribution in [0.15, 0.2) is 24.3 Å². The number of benzene rings is 1. The minimum absolute atomic E-state index is 0.0681. The summed E-state index contributed by atoms with van der Waals surface area (Å²) in [6, 6.07) is 3.47. The van der Waals surface area contributed by atoms with Gasteiger partial charge in [0.25, 0.3) is 8.32 Å². The Hall–Kier alpha value is -2.29. The van der Waals surface area contributed by atoms with Gasteiger partial charge in [-0.3, -0.25) is 9.59 Å². The number of ketones is 1. The van der Waals surface area contributed by atoms with Crippen molar-refractivity contribution in [1.82, 2.24) is 4.90 Å². The van der Waals surface area contributed by atoms with Gasteiger partial charge >= 0.3 is 12.1 Å². The highest BCUT2D eigenvalue weighted by Crippen LogP contribution is 2.56. The van der Waals surface area contributed by atoms with Crippen molar-refractivity contribution in [2.45, 2.75) is 76.0 Å². The van der Waals surface area contributed by atoms with E-state index in [1.807, 2.05) is 0 Å². The van der Waals surface area contributed by atoms with Gasteiger partial charge < -0.3 is 14.1 Å². The van der Waals surface area contributed by atoms with Crippen molar-refractivity contribution in [2.75, 3.05) is 6.54 Å². The van der Waals surface area contributed by atoms with Gasteiger partial charge in [0.15, 0.2) is 11.5 Å². The van der Waals surface area contributed by atoms with Crippen molar-refractivity contribution in [1.29, 1.82) is 0 Å². The standard InChI is InChI=1S/C23H28F3NO4Si/c1-21(2,3)32(4,5)31-16-7-6-14-13-27(20(29)23(24,25)26)11-10-22-9-8-15(28)12-17(22)30-19(16)18(14)22/h6-9,17H,10-13H2,1-5H3/t17-,22?/m0/s1. The van der Waals surface area contributed by atoms with Gasteiger partial charge in [0.2, 0.25) is 0 Å². The molecule has 0 saturated carbocycles. The van der Waals surface area contributed by atoms with Crippen molar-refractivity contribution in [3.63, 3.8) is 0 Å². The first-order valence-electron chi connectivity index (χ1n) is 10.8. The maximum atomic E-state index is 13.2. The van der Waals surface area contributed by atoms with Crippen LogP contribution in [0.3, 0.4) is 0 Å². The molecular weight excluding hydrogens is 439 g/mol. The van der Waals surface area contributed by atoms with Crippen LogP contribution < -0.4 is 9.16 Å². The third kappa shape index (κ3) is 3.54. The van der Waals surface area contributed by atoms with E-state index >= 15 is 0 Å². The van der Waals surface area contributed by atoms with E-state index in [0.717, 1.165) is 10.5 Å². The fourth-order valence-electron chi connectivity index (χ4n) is 4.51. The minimum Gasteiger partial charge on any atom is -0.541 e. The number of alkyl halides is 3. The van der Waals surface area contributed by atoms with Crippen molar-refractivity contribution in [3.05, 3.63) is 35.4 Å². The number of carbonyl (C=O) groups is 2. The SMILES string of the molecule is CC(C)(C)[Si](C)(C)Oc1ccc2c3c1O[C@H]1CC(=O)C=CC31CCN(C(=O)C(F)(F)F)C2. The third-order valence-corrected chi connectivity index (χ3v) is 11.7. The molecule has 5 nitrogen and oxygen atoms in total. The number of nitrogens with zero attached hydrogens (tertiary/aromatic N) is 1. The molecule has 0 fully saturated rings. The van der Waals surface area contributed by atoms with Gasteiger partial charge in [0, 0.05) is 25.1 Å². The molecule has 174 valence electrons. The molecule has 9 heteroatoms. The van der Waals surface area contributed by atoms with E-state index in [-0.39, 0.29) is 36.8 Å². The van der Waals surface area contributed by atoms with Crippen molar-refractivity contribution < 1.29 is 31.9 Å². The third-order valence-electron chi connectivity index (χ3n) is 7.32. The normalized spacial score (nSPS) is 25.1. The lowest BCUT2D eigenvalue weighted by molar-refractivity contribution is -0.186. The van der Waals surface area contributed by atoms with Crippen LogP contribution in [0.5, 0.6) is 11.5 Å². The van der Waals surface area contributed by atoms with E-state index in [0.29, 0.717) is 17.1 Å². The number of hydrogen-bond donors (Lipinski definition) is 0. The predicted octanol–water partition coefficient (Wildman–Crippen LogP) is 4.89. The molecule has 4 rings (SSSR count). The summed E-state index contributed by atoms with van der Waals surface area (Å²) in [4.78, 5) is 25.0. The number of allylic oxidation sites excluding steroid dienone is 1. The second kappa shape index (κ2) is 7.10. The highest BCUT2D eigenvalue weighted by Gasteiger charge is 2.55. The summed E-state index contributed by atoms with van der Waals surface area (Å²) in [5, 5.41) is -0.0681. The average molecular weight is 468 g/mol. The number of hydrogen-bond acceptors (Lipinski definition) is 4. The van der Waals surface area contributed by atoms with E-state index in [1.54, 1.807) is 18.2 Å². The Morgan fingerprint density at radius 1 is 1.25 bits per heavy atom. The summed E-state index contributed by atoms with van der Waals surface area (Å²) < 4.78 is 52.4. The van der Waals surface area contributed by atoms with E-state index in [2.05, 4.69) is 33.9 Å². The first-order chi connectivity index (χ1) is 14.7. The molecule has 0 bridgehead atoms. The second-order valence-corrected chi connectivity index (χ2v) is 15.1. The van der Waals surface area contributed by atoms with Gasteiger partial charge in [-0.05, 0) is 42.3 Å². The number of amides is 1. The van der Waals surface area contributed by atoms with Crippen LogP contribution in [0, 0.1) is 0 Å². The number of rotatable bonds is 2. The van der Waals surface area contributed by atoms with Gasteiger partial charge in [-0.15, -0.1) is 0 Å². The Bertz CT molecular complexity index is 1010. The molecule has 3 aliphatic rings. The van der Waals surface area contributed by atoms with E-state index in [1.165, 1.54) is 6.08 Å². The first kappa shape index (κ1) is 22.9. The molecule has 0 aromatic heterocycles. The maximum Gasteiger partial charge on any atom is 0.471 e. The number of carbonyl (C=O) groups excluding carboxylic acids is 2. The molecule has 2 atom stereocenters. The summed E-state index contributed by atoms with van der Waals surface area (Å²) in [5.74, 6) is -0.884.